The predicted molar refractivity (Wildman–Crippen MR) is 83.8 cm³/mol. The fourth-order valence-corrected chi connectivity index (χ4v) is 2.87. The number of nitrogens with one attached hydrogen (secondary N) is 1. The number of piperidine rings is 1. The highest BCUT2D eigenvalue weighted by Gasteiger charge is 2.26. The minimum atomic E-state index is -1.23. The first-order valence-electron chi connectivity index (χ1n) is 8.03. The predicted octanol–water partition coefficient (Wildman–Crippen LogP) is 2.23. The molecule has 2 unspecified atom stereocenters. The Kier molecular flexibility index (Phi) is 6.07. The lowest BCUT2D eigenvalue weighted by Crippen LogP contribution is -2.49. The molecule has 2 atom stereocenters. The maximum atomic E-state index is 13.7. The highest BCUT2D eigenvalue weighted by Crippen LogP contribution is 2.23. The van der Waals surface area contributed by atoms with Crippen LogP contribution in [-0.2, 0) is 4.79 Å². The van der Waals surface area contributed by atoms with E-state index in [-0.39, 0.29) is 30.0 Å². The molecule has 0 radical (unpaired) electrons. The molecular weight excluding hydrogens is 302 g/mol. The smallest absolute Gasteiger partial charge is 0.222 e. The van der Waals surface area contributed by atoms with Crippen molar-refractivity contribution in [3.05, 3.63) is 35.4 Å². The van der Waals surface area contributed by atoms with E-state index in [9.17, 15) is 18.7 Å². The van der Waals surface area contributed by atoms with Crippen LogP contribution < -0.4 is 5.32 Å². The van der Waals surface area contributed by atoms with Crippen molar-refractivity contribution >= 4 is 5.91 Å². The number of nitrogens with zero attached hydrogens (tertiary/aromatic N) is 1. The van der Waals surface area contributed by atoms with Gasteiger partial charge in [-0.1, -0.05) is 19.9 Å². The van der Waals surface area contributed by atoms with E-state index >= 15 is 0 Å². The zero-order chi connectivity index (χ0) is 17.0. The second-order valence-electron chi connectivity index (χ2n) is 6.41. The van der Waals surface area contributed by atoms with Crippen LogP contribution >= 0.6 is 0 Å². The molecule has 1 aliphatic heterocycles. The highest BCUT2D eigenvalue weighted by molar-refractivity contribution is 5.78. The lowest BCUT2D eigenvalue weighted by Gasteiger charge is -2.34. The van der Waals surface area contributed by atoms with Crippen LogP contribution in [0.2, 0.25) is 0 Å². The van der Waals surface area contributed by atoms with Gasteiger partial charge in [-0.2, -0.15) is 0 Å². The molecule has 0 bridgehead atoms. The summed E-state index contributed by atoms with van der Waals surface area (Å²) in [6.45, 7) is 5.12. The van der Waals surface area contributed by atoms with Crippen molar-refractivity contribution in [2.24, 2.45) is 5.92 Å². The summed E-state index contributed by atoms with van der Waals surface area (Å²) in [5, 5.41) is 13.2. The summed E-state index contributed by atoms with van der Waals surface area (Å²) < 4.78 is 27.4. The first kappa shape index (κ1) is 17.8. The third-order valence-corrected chi connectivity index (χ3v) is 4.14. The van der Waals surface area contributed by atoms with Gasteiger partial charge in [0.15, 0.2) is 0 Å². The molecule has 1 aliphatic rings. The molecule has 2 rings (SSSR count). The van der Waals surface area contributed by atoms with Gasteiger partial charge in [0.2, 0.25) is 5.91 Å². The largest absolute Gasteiger partial charge is 0.387 e. The number of hydrogen-bond donors (Lipinski definition) is 2. The summed E-state index contributed by atoms with van der Waals surface area (Å²) in [5.74, 6) is -1.56. The normalized spacial score (nSPS) is 20.5. The zero-order valence-corrected chi connectivity index (χ0v) is 13.6. The summed E-state index contributed by atoms with van der Waals surface area (Å²) in [6.07, 6.45) is 0.519. The minimum absolute atomic E-state index is 0.00227. The average Bonchev–Trinajstić information content (AvgIpc) is 2.47. The van der Waals surface area contributed by atoms with Gasteiger partial charge in [-0.3, -0.25) is 9.69 Å². The third kappa shape index (κ3) is 4.72. The number of aliphatic hydroxyl groups excluding tert-OH is 1. The first-order valence-corrected chi connectivity index (χ1v) is 8.03. The Morgan fingerprint density at radius 2 is 2.04 bits per heavy atom. The molecule has 23 heavy (non-hydrogen) atoms. The summed E-state index contributed by atoms with van der Waals surface area (Å²) in [6, 6.07) is 3.57. The van der Waals surface area contributed by atoms with Crippen LogP contribution in [0, 0.1) is 17.6 Å². The van der Waals surface area contributed by atoms with E-state index < -0.39 is 17.7 Å². The fourth-order valence-electron chi connectivity index (χ4n) is 2.87. The Balaban J connectivity index is 1.96. The van der Waals surface area contributed by atoms with Gasteiger partial charge in [0.1, 0.15) is 11.6 Å². The summed E-state index contributed by atoms with van der Waals surface area (Å²) in [7, 11) is 0. The number of aliphatic hydroxyl groups is 1. The Bertz CT molecular complexity index is 531. The first-order chi connectivity index (χ1) is 10.9. The van der Waals surface area contributed by atoms with E-state index in [1.165, 1.54) is 6.07 Å². The molecule has 1 aromatic carbocycles. The molecule has 1 aromatic rings. The van der Waals surface area contributed by atoms with Crippen molar-refractivity contribution in [2.45, 2.75) is 38.8 Å². The van der Waals surface area contributed by atoms with Gasteiger partial charge >= 0.3 is 0 Å². The topological polar surface area (TPSA) is 52.6 Å². The third-order valence-electron chi connectivity index (χ3n) is 4.14. The van der Waals surface area contributed by atoms with Crippen molar-refractivity contribution in [3.8, 4) is 0 Å². The number of hydrogen-bond acceptors (Lipinski definition) is 3. The Morgan fingerprint density at radius 1 is 1.39 bits per heavy atom. The van der Waals surface area contributed by atoms with E-state index in [0.717, 1.165) is 31.5 Å². The quantitative estimate of drug-likeness (QED) is 0.872. The second-order valence-corrected chi connectivity index (χ2v) is 6.41. The Morgan fingerprint density at radius 3 is 2.65 bits per heavy atom. The molecule has 6 heteroatoms. The molecule has 0 aliphatic carbocycles. The Hall–Kier alpha value is -1.53. The lowest BCUT2D eigenvalue weighted by molar-refractivity contribution is -0.125. The van der Waals surface area contributed by atoms with E-state index in [2.05, 4.69) is 5.32 Å². The van der Waals surface area contributed by atoms with Gasteiger partial charge in [0.25, 0.3) is 0 Å². The number of carbonyl (C=O) groups excluding carboxylic acids is 1. The van der Waals surface area contributed by atoms with Crippen molar-refractivity contribution < 1.29 is 18.7 Å². The van der Waals surface area contributed by atoms with E-state index in [4.69, 9.17) is 0 Å². The molecule has 0 saturated carbocycles. The molecule has 0 spiro atoms. The molecule has 1 heterocycles. The minimum Gasteiger partial charge on any atom is -0.387 e. The molecule has 2 N–H and O–H groups in total. The molecule has 4 nitrogen and oxygen atoms in total. The lowest BCUT2D eigenvalue weighted by atomic mass is 10.0. The van der Waals surface area contributed by atoms with Crippen molar-refractivity contribution in [1.29, 1.82) is 0 Å². The monoisotopic (exact) mass is 326 g/mol. The van der Waals surface area contributed by atoms with Gasteiger partial charge < -0.3 is 10.4 Å². The average molecular weight is 326 g/mol. The maximum Gasteiger partial charge on any atom is 0.222 e. The highest BCUT2D eigenvalue weighted by atomic mass is 19.1. The van der Waals surface area contributed by atoms with Crippen molar-refractivity contribution in [2.75, 3.05) is 19.6 Å². The van der Waals surface area contributed by atoms with Crippen LogP contribution in [-0.4, -0.2) is 41.6 Å². The van der Waals surface area contributed by atoms with Crippen LogP contribution in [0.4, 0.5) is 8.78 Å². The molecule has 1 fully saturated rings. The van der Waals surface area contributed by atoms with Crippen LogP contribution in [0.1, 0.15) is 38.4 Å². The summed E-state index contributed by atoms with van der Waals surface area (Å²) >= 11 is 0. The van der Waals surface area contributed by atoms with E-state index in [1.807, 2.05) is 18.7 Å². The van der Waals surface area contributed by atoms with Gasteiger partial charge in [0, 0.05) is 25.0 Å². The van der Waals surface area contributed by atoms with Crippen LogP contribution in [0.5, 0.6) is 0 Å². The number of likely N-dealkylation sites (tertiary alicyclic amines) is 1. The molecule has 1 amide bonds. The number of amides is 1. The molecule has 1 saturated heterocycles. The second kappa shape index (κ2) is 7.84. The van der Waals surface area contributed by atoms with Gasteiger partial charge in [-0.15, -0.1) is 0 Å². The number of β-amino-alcohol motifs (C(OH)–C–C–N with tert-alkyl or cyclic N) is 1. The van der Waals surface area contributed by atoms with Crippen LogP contribution in [0.25, 0.3) is 0 Å². The van der Waals surface area contributed by atoms with Crippen LogP contribution in [0.15, 0.2) is 18.2 Å². The summed E-state index contributed by atoms with van der Waals surface area (Å²) in [5.41, 5.74) is -0.291. The molecule has 0 aromatic heterocycles. The SMILES string of the molecule is CC(C)C(=O)NC1CCCN(CC(O)c2c(F)cccc2F)C1. The molecule has 128 valence electrons. The zero-order valence-electron chi connectivity index (χ0n) is 13.6. The van der Waals surface area contributed by atoms with E-state index in [0.29, 0.717) is 6.54 Å². The summed E-state index contributed by atoms with van der Waals surface area (Å²) in [4.78, 5) is 13.7. The van der Waals surface area contributed by atoms with Crippen LogP contribution in [0.3, 0.4) is 0 Å². The number of halogens is 2. The van der Waals surface area contributed by atoms with Gasteiger partial charge in [0.05, 0.1) is 11.7 Å². The molecular formula is C17H24F2N2O2. The van der Waals surface area contributed by atoms with E-state index in [1.54, 1.807) is 0 Å². The number of benzene rings is 1. The van der Waals surface area contributed by atoms with Gasteiger partial charge in [-0.25, -0.2) is 8.78 Å². The number of carbonyl (C=O) groups is 1. The van der Waals surface area contributed by atoms with Crippen molar-refractivity contribution in [1.82, 2.24) is 10.2 Å². The van der Waals surface area contributed by atoms with Gasteiger partial charge in [-0.05, 0) is 31.5 Å². The number of rotatable bonds is 5. The van der Waals surface area contributed by atoms with Crippen molar-refractivity contribution in [3.63, 3.8) is 0 Å². The fraction of sp³-hybridized carbons (Fsp3) is 0.588. The maximum absolute atomic E-state index is 13.7. The Labute approximate surface area is 135 Å². The standard InChI is InChI=1S/C17H24F2N2O2/c1-11(2)17(23)20-12-5-4-8-21(9-12)10-15(22)16-13(18)6-3-7-14(16)19/h3,6-7,11-12,15,22H,4-5,8-10H2,1-2H3,(H,20,23).